The fourth-order valence-corrected chi connectivity index (χ4v) is 2.11. The Bertz CT molecular complexity index is 413. The molecular weight excluding hydrogens is 240 g/mol. The molecule has 0 aliphatic heterocycles. The molecule has 0 amide bonds. The van der Waals surface area contributed by atoms with Crippen molar-refractivity contribution >= 4 is 11.8 Å². The summed E-state index contributed by atoms with van der Waals surface area (Å²) in [6.07, 6.45) is 6.63. The highest BCUT2D eigenvalue weighted by molar-refractivity contribution is 5.89. The standard InChI is InChI=1S/C15H22N2O2/c1-3-13(9-11-5-6-11)17-14-8-7-12(10-16-14)15(18)19-4-2/h7-8,10-11,13H,3-6,9H2,1-2H3,(H,16,17). The molecule has 4 heteroatoms. The minimum atomic E-state index is -0.313. The van der Waals surface area contributed by atoms with Gasteiger partial charge in [-0.3, -0.25) is 0 Å². The van der Waals surface area contributed by atoms with Gasteiger partial charge in [0.1, 0.15) is 5.82 Å². The lowest BCUT2D eigenvalue weighted by atomic mass is 10.1. The number of ether oxygens (including phenoxy) is 1. The summed E-state index contributed by atoms with van der Waals surface area (Å²) in [4.78, 5) is 15.8. The van der Waals surface area contributed by atoms with Gasteiger partial charge in [0.05, 0.1) is 12.2 Å². The van der Waals surface area contributed by atoms with Crippen LogP contribution in [0.1, 0.15) is 49.9 Å². The van der Waals surface area contributed by atoms with Gasteiger partial charge in [0.2, 0.25) is 0 Å². The summed E-state index contributed by atoms with van der Waals surface area (Å²) < 4.78 is 4.93. The number of pyridine rings is 1. The van der Waals surface area contributed by atoms with E-state index < -0.39 is 0 Å². The summed E-state index contributed by atoms with van der Waals surface area (Å²) >= 11 is 0. The Labute approximate surface area is 114 Å². The quantitative estimate of drug-likeness (QED) is 0.766. The summed E-state index contributed by atoms with van der Waals surface area (Å²) in [7, 11) is 0. The molecular formula is C15H22N2O2. The fraction of sp³-hybridized carbons (Fsp3) is 0.600. The first-order valence-corrected chi connectivity index (χ1v) is 7.12. The lowest BCUT2D eigenvalue weighted by molar-refractivity contribution is 0.0526. The molecule has 1 N–H and O–H groups in total. The van der Waals surface area contributed by atoms with Crippen LogP contribution in [0.2, 0.25) is 0 Å². The van der Waals surface area contributed by atoms with Crippen molar-refractivity contribution in [3.63, 3.8) is 0 Å². The maximum Gasteiger partial charge on any atom is 0.339 e. The zero-order chi connectivity index (χ0) is 13.7. The number of nitrogens with zero attached hydrogens (tertiary/aromatic N) is 1. The van der Waals surface area contributed by atoms with E-state index >= 15 is 0 Å². The van der Waals surface area contributed by atoms with Gasteiger partial charge in [-0.25, -0.2) is 9.78 Å². The van der Waals surface area contributed by atoms with E-state index in [-0.39, 0.29) is 5.97 Å². The van der Waals surface area contributed by atoms with E-state index in [9.17, 15) is 4.79 Å². The number of anilines is 1. The third-order valence-electron chi connectivity index (χ3n) is 3.43. The molecule has 1 aliphatic rings. The van der Waals surface area contributed by atoms with Crippen LogP contribution in [0.4, 0.5) is 5.82 Å². The third kappa shape index (κ3) is 4.23. The van der Waals surface area contributed by atoms with Gasteiger partial charge in [0.15, 0.2) is 0 Å². The minimum Gasteiger partial charge on any atom is -0.462 e. The van der Waals surface area contributed by atoms with E-state index in [0.29, 0.717) is 18.2 Å². The number of hydrogen-bond donors (Lipinski definition) is 1. The summed E-state index contributed by atoms with van der Waals surface area (Å²) in [5.41, 5.74) is 0.502. The van der Waals surface area contributed by atoms with Crippen LogP contribution in [0.3, 0.4) is 0 Å². The van der Waals surface area contributed by atoms with Crippen molar-refractivity contribution in [1.82, 2.24) is 4.98 Å². The number of carbonyl (C=O) groups excluding carboxylic acids is 1. The lowest BCUT2D eigenvalue weighted by Crippen LogP contribution is -2.20. The van der Waals surface area contributed by atoms with Crippen molar-refractivity contribution in [2.75, 3.05) is 11.9 Å². The Balaban J connectivity index is 1.91. The largest absolute Gasteiger partial charge is 0.462 e. The SMILES string of the molecule is CCOC(=O)c1ccc(NC(CC)CC2CC2)nc1. The predicted octanol–water partition coefficient (Wildman–Crippen LogP) is 3.25. The molecule has 4 nitrogen and oxygen atoms in total. The van der Waals surface area contributed by atoms with E-state index in [1.165, 1.54) is 19.3 Å². The normalized spacial score (nSPS) is 15.9. The van der Waals surface area contributed by atoms with E-state index in [2.05, 4.69) is 17.2 Å². The van der Waals surface area contributed by atoms with Crippen LogP contribution in [0, 0.1) is 5.92 Å². The second kappa shape index (κ2) is 6.55. The molecule has 0 spiro atoms. The average molecular weight is 262 g/mol. The number of rotatable bonds is 7. The number of nitrogens with one attached hydrogen (secondary N) is 1. The molecule has 1 heterocycles. The van der Waals surface area contributed by atoms with Crippen molar-refractivity contribution in [1.29, 1.82) is 0 Å². The average Bonchev–Trinajstić information content (AvgIpc) is 3.23. The number of hydrogen-bond acceptors (Lipinski definition) is 4. The minimum absolute atomic E-state index is 0.313. The molecule has 2 rings (SSSR count). The summed E-state index contributed by atoms with van der Waals surface area (Å²) in [6, 6.07) is 4.09. The van der Waals surface area contributed by atoms with E-state index in [1.807, 2.05) is 6.07 Å². The van der Waals surface area contributed by atoms with E-state index in [4.69, 9.17) is 4.74 Å². The van der Waals surface area contributed by atoms with Gasteiger partial charge in [-0.1, -0.05) is 19.8 Å². The Morgan fingerprint density at radius 3 is 2.79 bits per heavy atom. The third-order valence-corrected chi connectivity index (χ3v) is 3.43. The molecule has 1 saturated carbocycles. The fourth-order valence-electron chi connectivity index (χ4n) is 2.11. The predicted molar refractivity (Wildman–Crippen MR) is 75.2 cm³/mol. The molecule has 19 heavy (non-hydrogen) atoms. The van der Waals surface area contributed by atoms with Crippen LogP contribution in [0.25, 0.3) is 0 Å². The number of carbonyl (C=O) groups is 1. The zero-order valence-corrected chi connectivity index (χ0v) is 11.7. The van der Waals surface area contributed by atoms with Crippen LogP contribution in [0.15, 0.2) is 18.3 Å². The molecule has 0 bridgehead atoms. The summed E-state index contributed by atoms with van der Waals surface area (Å²) in [6.45, 7) is 4.37. The van der Waals surface area contributed by atoms with Crippen LogP contribution < -0.4 is 5.32 Å². The second-order valence-electron chi connectivity index (χ2n) is 5.08. The maximum atomic E-state index is 11.5. The second-order valence-corrected chi connectivity index (χ2v) is 5.08. The molecule has 1 fully saturated rings. The van der Waals surface area contributed by atoms with Crippen LogP contribution in [0.5, 0.6) is 0 Å². The monoisotopic (exact) mass is 262 g/mol. The Kier molecular flexibility index (Phi) is 4.77. The molecule has 0 radical (unpaired) electrons. The molecule has 1 aromatic rings. The smallest absolute Gasteiger partial charge is 0.339 e. The van der Waals surface area contributed by atoms with Gasteiger partial charge in [0, 0.05) is 12.2 Å². The highest BCUT2D eigenvalue weighted by atomic mass is 16.5. The first kappa shape index (κ1) is 13.8. The van der Waals surface area contributed by atoms with Gasteiger partial charge in [-0.05, 0) is 37.8 Å². The zero-order valence-electron chi connectivity index (χ0n) is 11.7. The Hall–Kier alpha value is -1.58. The molecule has 0 saturated heterocycles. The van der Waals surface area contributed by atoms with Crippen LogP contribution in [-0.4, -0.2) is 23.6 Å². The van der Waals surface area contributed by atoms with Crippen molar-refractivity contribution in [2.24, 2.45) is 5.92 Å². The highest BCUT2D eigenvalue weighted by Crippen LogP contribution is 2.34. The summed E-state index contributed by atoms with van der Waals surface area (Å²) in [5.74, 6) is 1.42. The van der Waals surface area contributed by atoms with Gasteiger partial charge in [0.25, 0.3) is 0 Å². The van der Waals surface area contributed by atoms with Crippen molar-refractivity contribution in [3.05, 3.63) is 23.9 Å². The molecule has 1 aromatic heterocycles. The molecule has 1 aliphatic carbocycles. The van der Waals surface area contributed by atoms with Crippen molar-refractivity contribution in [2.45, 2.75) is 45.6 Å². The Morgan fingerprint density at radius 1 is 1.47 bits per heavy atom. The molecule has 0 aromatic carbocycles. The topological polar surface area (TPSA) is 51.2 Å². The Morgan fingerprint density at radius 2 is 2.26 bits per heavy atom. The molecule has 104 valence electrons. The highest BCUT2D eigenvalue weighted by Gasteiger charge is 2.24. The lowest BCUT2D eigenvalue weighted by Gasteiger charge is -2.17. The first-order valence-electron chi connectivity index (χ1n) is 7.12. The van der Waals surface area contributed by atoms with Crippen molar-refractivity contribution < 1.29 is 9.53 Å². The van der Waals surface area contributed by atoms with E-state index in [0.717, 1.165) is 18.2 Å². The first-order chi connectivity index (χ1) is 9.22. The van der Waals surface area contributed by atoms with Gasteiger partial charge >= 0.3 is 5.97 Å². The maximum absolute atomic E-state index is 11.5. The summed E-state index contributed by atoms with van der Waals surface area (Å²) in [5, 5.41) is 3.43. The van der Waals surface area contributed by atoms with E-state index in [1.54, 1.807) is 19.2 Å². The molecule has 1 atom stereocenters. The van der Waals surface area contributed by atoms with Gasteiger partial charge in [-0.2, -0.15) is 0 Å². The number of aromatic nitrogens is 1. The van der Waals surface area contributed by atoms with Crippen LogP contribution >= 0.6 is 0 Å². The van der Waals surface area contributed by atoms with Gasteiger partial charge < -0.3 is 10.1 Å². The van der Waals surface area contributed by atoms with Crippen LogP contribution in [-0.2, 0) is 4.74 Å². The molecule has 1 unspecified atom stereocenters. The van der Waals surface area contributed by atoms with Gasteiger partial charge in [-0.15, -0.1) is 0 Å². The van der Waals surface area contributed by atoms with Crippen molar-refractivity contribution in [3.8, 4) is 0 Å². The number of esters is 1.